The third kappa shape index (κ3) is 1.73. The quantitative estimate of drug-likeness (QED) is 0.791. The average Bonchev–Trinajstić information content (AvgIpc) is 2.21. The first-order chi connectivity index (χ1) is 7.31. The molecule has 0 spiro atoms. The van der Waals surface area contributed by atoms with Crippen LogP contribution in [0.25, 0.3) is 0 Å². The Morgan fingerprint density at radius 3 is 2.60 bits per heavy atom. The molecule has 0 aliphatic carbocycles. The van der Waals surface area contributed by atoms with Gasteiger partial charge in [-0.25, -0.2) is 0 Å². The number of fused-ring (bicyclic) bond motifs is 2. The highest BCUT2D eigenvalue weighted by Crippen LogP contribution is 2.29. The predicted octanol–water partition coefficient (Wildman–Crippen LogP) is 1.37. The summed E-state index contributed by atoms with van der Waals surface area (Å²) in [4.78, 5) is 2.36. The number of hydrogen-bond acceptors (Lipinski definition) is 3. The topological polar surface area (TPSA) is 32.7 Å². The van der Waals surface area contributed by atoms with Crippen LogP contribution in [0.15, 0.2) is 24.3 Å². The fourth-order valence-corrected chi connectivity index (χ4v) is 2.45. The van der Waals surface area contributed by atoms with Gasteiger partial charge in [-0.2, -0.15) is 0 Å². The number of rotatable bonds is 2. The van der Waals surface area contributed by atoms with Crippen LogP contribution in [0, 0.1) is 0 Å². The first-order valence-corrected chi connectivity index (χ1v) is 5.46. The van der Waals surface area contributed by atoms with Crippen molar-refractivity contribution in [3.8, 4) is 5.75 Å². The normalized spacial score (nSPS) is 29.9. The number of phenolic OH excluding ortho intramolecular Hbond substituents is 1. The van der Waals surface area contributed by atoms with Gasteiger partial charge in [-0.3, -0.25) is 4.90 Å². The van der Waals surface area contributed by atoms with E-state index in [4.69, 9.17) is 4.74 Å². The van der Waals surface area contributed by atoms with E-state index in [0.29, 0.717) is 18.0 Å². The number of benzene rings is 1. The molecule has 0 aromatic heterocycles. The Morgan fingerprint density at radius 2 is 1.93 bits per heavy atom. The lowest BCUT2D eigenvalue weighted by Gasteiger charge is -2.47. The molecule has 3 aliphatic heterocycles. The Bertz CT molecular complexity index is 350. The van der Waals surface area contributed by atoms with E-state index in [0.717, 1.165) is 25.2 Å². The summed E-state index contributed by atoms with van der Waals surface area (Å²) in [7, 11) is 0. The van der Waals surface area contributed by atoms with E-state index < -0.39 is 0 Å². The summed E-state index contributed by atoms with van der Waals surface area (Å²) in [5.41, 5.74) is 1.01. The van der Waals surface area contributed by atoms with Gasteiger partial charge in [-0.15, -0.1) is 0 Å². The second-order valence-electron chi connectivity index (χ2n) is 4.44. The van der Waals surface area contributed by atoms with E-state index in [9.17, 15) is 5.11 Å². The highest BCUT2D eigenvalue weighted by atomic mass is 16.5. The van der Waals surface area contributed by atoms with Gasteiger partial charge in [0.05, 0.1) is 12.2 Å². The molecule has 1 aromatic rings. The Balaban J connectivity index is 1.68. The molecule has 1 N–H and O–H groups in total. The van der Waals surface area contributed by atoms with Crippen molar-refractivity contribution in [2.45, 2.75) is 25.2 Å². The molecule has 3 saturated heterocycles. The van der Waals surface area contributed by atoms with Crippen LogP contribution in [-0.4, -0.2) is 35.3 Å². The van der Waals surface area contributed by atoms with Crippen molar-refractivity contribution in [2.75, 3.05) is 13.1 Å². The van der Waals surface area contributed by atoms with Crippen molar-refractivity contribution >= 4 is 0 Å². The number of ether oxygens (including phenoxy) is 1. The highest BCUT2D eigenvalue weighted by Gasteiger charge is 2.38. The molecule has 3 heterocycles. The zero-order valence-corrected chi connectivity index (χ0v) is 8.60. The lowest BCUT2D eigenvalue weighted by Crippen LogP contribution is -2.56. The molecule has 2 unspecified atom stereocenters. The maximum Gasteiger partial charge on any atom is 0.120 e. The molecule has 3 nitrogen and oxygen atoms in total. The standard InChI is InChI=1S/C12H15NO2/c14-12-4-2-1-3-9(12)6-13-7-10-5-11(8-13)15-10/h1-4,10-11,14H,5-8H2. The van der Waals surface area contributed by atoms with Crippen LogP contribution in [-0.2, 0) is 11.3 Å². The monoisotopic (exact) mass is 205 g/mol. The molecule has 3 fully saturated rings. The summed E-state index contributed by atoms with van der Waals surface area (Å²) in [5.74, 6) is 0.401. The SMILES string of the molecule is Oc1ccccc1CN1CC2CC(C1)O2. The van der Waals surface area contributed by atoms with Gasteiger partial charge in [0, 0.05) is 31.6 Å². The van der Waals surface area contributed by atoms with Crippen molar-refractivity contribution < 1.29 is 9.84 Å². The molecule has 80 valence electrons. The minimum atomic E-state index is 0.401. The van der Waals surface area contributed by atoms with E-state index in [2.05, 4.69) is 4.90 Å². The summed E-state index contributed by atoms with van der Waals surface area (Å²) in [6.07, 6.45) is 2.10. The van der Waals surface area contributed by atoms with Gasteiger partial charge in [-0.05, 0) is 6.07 Å². The molecule has 0 amide bonds. The second kappa shape index (κ2) is 3.51. The second-order valence-corrected chi connectivity index (χ2v) is 4.44. The van der Waals surface area contributed by atoms with Crippen molar-refractivity contribution in [3.63, 3.8) is 0 Å². The van der Waals surface area contributed by atoms with Crippen molar-refractivity contribution in [3.05, 3.63) is 29.8 Å². The van der Waals surface area contributed by atoms with Crippen LogP contribution in [0.2, 0.25) is 0 Å². The zero-order chi connectivity index (χ0) is 10.3. The molecule has 2 bridgehead atoms. The number of nitrogens with zero attached hydrogens (tertiary/aromatic N) is 1. The third-order valence-corrected chi connectivity index (χ3v) is 3.22. The molecular formula is C12H15NO2. The van der Waals surface area contributed by atoms with Crippen molar-refractivity contribution in [2.24, 2.45) is 0 Å². The molecule has 3 aliphatic rings. The summed E-state index contributed by atoms with van der Waals surface area (Å²) in [6, 6.07) is 7.55. The third-order valence-electron chi connectivity index (χ3n) is 3.22. The first-order valence-electron chi connectivity index (χ1n) is 5.46. The fourth-order valence-electron chi connectivity index (χ4n) is 2.45. The number of morpholine rings is 1. The smallest absolute Gasteiger partial charge is 0.120 e. The first kappa shape index (κ1) is 9.19. The predicted molar refractivity (Wildman–Crippen MR) is 56.7 cm³/mol. The maximum absolute atomic E-state index is 9.66. The Morgan fingerprint density at radius 1 is 1.27 bits per heavy atom. The van der Waals surface area contributed by atoms with Gasteiger partial charge in [0.1, 0.15) is 5.75 Å². The molecule has 1 aromatic carbocycles. The number of para-hydroxylation sites is 1. The van der Waals surface area contributed by atoms with Gasteiger partial charge in [0.25, 0.3) is 0 Å². The van der Waals surface area contributed by atoms with Gasteiger partial charge in [0.2, 0.25) is 0 Å². The average molecular weight is 205 g/mol. The Kier molecular flexibility index (Phi) is 2.15. The van der Waals surface area contributed by atoms with Crippen molar-refractivity contribution in [1.82, 2.24) is 4.90 Å². The minimum Gasteiger partial charge on any atom is -0.508 e. The summed E-state index contributed by atoms with van der Waals surface area (Å²) >= 11 is 0. The summed E-state index contributed by atoms with van der Waals surface area (Å²) < 4.78 is 5.57. The van der Waals surface area contributed by atoms with Gasteiger partial charge in [-0.1, -0.05) is 18.2 Å². The number of hydrogen-bond donors (Lipinski definition) is 1. The fraction of sp³-hybridized carbons (Fsp3) is 0.500. The molecule has 0 saturated carbocycles. The molecule has 3 heteroatoms. The largest absolute Gasteiger partial charge is 0.508 e. The Labute approximate surface area is 89.3 Å². The van der Waals surface area contributed by atoms with Gasteiger partial charge in [0.15, 0.2) is 0 Å². The summed E-state index contributed by atoms with van der Waals surface area (Å²) in [6.45, 7) is 2.85. The van der Waals surface area contributed by atoms with Gasteiger partial charge < -0.3 is 9.84 Å². The van der Waals surface area contributed by atoms with Crippen molar-refractivity contribution in [1.29, 1.82) is 0 Å². The highest BCUT2D eigenvalue weighted by molar-refractivity contribution is 5.31. The van der Waals surface area contributed by atoms with Crippen LogP contribution in [0.5, 0.6) is 5.75 Å². The van der Waals surface area contributed by atoms with Crippen LogP contribution < -0.4 is 0 Å². The summed E-state index contributed by atoms with van der Waals surface area (Å²) in [5, 5.41) is 9.66. The lowest BCUT2D eigenvalue weighted by atomic mass is 9.98. The van der Waals surface area contributed by atoms with E-state index in [1.54, 1.807) is 6.07 Å². The molecule has 4 rings (SSSR count). The van der Waals surface area contributed by atoms with E-state index in [1.165, 1.54) is 6.42 Å². The molecule has 2 atom stereocenters. The van der Waals surface area contributed by atoms with Crippen LogP contribution in [0.3, 0.4) is 0 Å². The minimum absolute atomic E-state index is 0.401. The molecule has 15 heavy (non-hydrogen) atoms. The van der Waals surface area contributed by atoms with E-state index >= 15 is 0 Å². The van der Waals surface area contributed by atoms with Crippen LogP contribution in [0.4, 0.5) is 0 Å². The van der Waals surface area contributed by atoms with Crippen LogP contribution >= 0.6 is 0 Å². The maximum atomic E-state index is 9.66. The van der Waals surface area contributed by atoms with Crippen LogP contribution in [0.1, 0.15) is 12.0 Å². The molecule has 0 radical (unpaired) electrons. The Hall–Kier alpha value is -1.06. The van der Waals surface area contributed by atoms with Gasteiger partial charge >= 0.3 is 0 Å². The number of aromatic hydroxyl groups is 1. The number of phenols is 1. The zero-order valence-electron chi connectivity index (χ0n) is 8.60. The lowest BCUT2D eigenvalue weighted by molar-refractivity contribution is -0.182. The van der Waals surface area contributed by atoms with E-state index in [1.807, 2.05) is 18.2 Å². The number of piperidine rings is 1. The molecular weight excluding hydrogens is 190 g/mol. The van der Waals surface area contributed by atoms with E-state index in [-0.39, 0.29) is 0 Å².